The molecule has 1 aromatic carbocycles. The van der Waals surface area contributed by atoms with Crippen LogP contribution in [0.1, 0.15) is 50.2 Å². The van der Waals surface area contributed by atoms with Crippen LogP contribution in [0.2, 0.25) is 0 Å². The first-order valence-electron chi connectivity index (χ1n) is 13.4. The van der Waals surface area contributed by atoms with Gasteiger partial charge in [-0.25, -0.2) is 0 Å². The molecule has 4 fully saturated rings. The van der Waals surface area contributed by atoms with Crippen LogP contribution in [0.3, 0.4) is 0 Å². The lowest BCUT2D eigenvalue weighted by atomic mass is 9.71. The van der Waals surface area contributed by atoms with Gasteiger partial charge >= 0.3 is 0 Å². The number of hydrogen-bond acceptors (Lipinski definition) is 6. The predicted octanol–water partition coefficient (Wildman–Crippen LogP) is 1.000. The number of aryl methyl sites for hydroxylation is 1. The molecule has 1 aliphatic carbocycles. The Morgan fingerprint density at radius 1 is 1.19 bits per heavy atom. The van der Waals surface area contributed by atoms with Crippen LogP contribution in [0.4, 0.5) is 5.69 Å². The molecule has 9 heteroatoms. The first kappa shape index (κ1) is 23.9. The highest BCUT2D eigenvalue weighted by atomic mass is 16.5. The highest BCUT2D eigenvalue weighted by Crippen LogP contribution is 2.49. The van der Waals surface area contributed by atoms with Gasteiger partial charge in [0.05, 0.1) is 24.2 Å². The van der Waals surface area contributed by atoms with Crippen molar-refractivity contribution in [3.8, 4) is 0 Å². The molecular formula is C27H37N5O4. The van der Waals surface area contributed by atoms with Crippen molar-refractivity contribution in [1.29, 1.82) is 0 Å². The van der Waals surface area contributed by atoms with E-state index < -0.39 is 5.41 Å². The molecule has 3 saturated heterocycles. The molecular weight excluding hydrogens is 458 g/mol. The van der Waals surface area contributed by atoms with Crippen LogP contribution in [-0.2, 0) is 24.5 Å². The lowest BCUT2D eigenvalue weighted by molar-refractivity contribution is -0.140. The Hall–Kier alpha value is -2.49. The summed E-state index contributed by atoms with van der Waals surface area (Å²) in [5, 5.41) is 3.03. The van der Waals surface area contributed by atoms with E-state index in [1.807, 2.05) is 36.9 Å². The van der Waals surface area contributed by atoms with Gasteiger partial charge in [0.1, 0.15) is 6.54 Å². The van der Waals surface area contributed by atoms with E-state index in [4.69, 9.17) is 4.74 Å². The molecule has 0 aromatic heterocycles. The number of nitrogens with zero attached hydrogens (tertiary/aromatic N) is 2. The largest absolute Gasteiger partial charge is 0.376 e. The minimum Gasteiger partial charge on any atom is -0.376 e. The van der Waals surface area contributed by atoms with Crippen molar-refractivity contribution in [2.75, 3.05) is 44.3 Å². The van der Waals surface area contributed by atoms with Gasteiger partial charge in [-0.3, -0.25) is 25.2 Å². The highest BCUT2D eigenvalue weighted by molar-refractivity contribution is 6.11. The standard InChI is InChI=1S/C27H37N5O4/c1-17-4-3-5-21-23(17)27(25(35)32(21)14-22(33)29-26(2)15-36-16-26)8-10-31(11-9-27)24(34)18-6-7-20-19(12-18)13-28-30-20/h3-5,18-20,28,30H,6-16H2,1-2H3,(H,29,33). The normalized spacial score (nSPS) is 30.1. The maximum Gasteiger partial charge on any atom is 0.240 e. The maximum atomic E-state index is 14.0. The van der Waals surface area contributed by atoms with Gasteiger partial charge in [0.15, 0.2) is 0 Å². The number of amides is 3. The first-order chi connectivity index (χ1) is 17.3. The molecule has 3 N–H and O–H groups in total. The number of ether oxygens (including phenoxy) is 1. The van der Waals surface area contributed by atoms with Crippen molar-refractivity contribution in [2.45, 2.75) is 62.9 Å². The third kappa shape index (κ3) is 3.83. The zero-order valence-corrected chi connectivity index (χ0v) is 21.3. The molecule has 3 amide bonds. The van der Waals surface area contributed by atoms with Crippen LogP contribution in [0.15, 0.2) is 18.2 Å². The SMILES string of the molecule is Cc1cccc2c1C1(CCN(C(=O)C3CCC4NNCC4C3)CC1)C(=O)N2CC(=O)NC1(C)COC1. The molecule has 0 radical (unpaired) electrons. The smallest absolute Gasteiger partial charge is 0.240 e. The minimum absolute atomic E-state index is 0.00196. The Kier molecular flexibility index (Phi) is 5.85. The fourth-order valence-corrected chi connectivity index (χ4v) is 7.19. The second kappa shape index (κ2) is 8.82. The fraction of sp³-hybridized carbons (Fsp3) is 0.667. The number of likely N-dealkylation sites (tertiary alicyclic amines) is 1. The van der Waals surface area contributed by atoms with E-state index in [0.717, 1.165) is 42.6 Å². The monoisotopic (exact) mass is 495 g/mol. The van der Waals surface area contributed by atoms with Crippen LogP contribution in [0.25, 0.3) is 0 Å². The van der Waals surface area contributed by atoms with Gasteiger partial charge < -0.3 is 19.9 Å². The number of benzene rings is 1. The molecule has 3 atom stereocenters. The second-order valence-corrected chi connectivity index (χ2v) is 11.8. The first-order valence-corrected chi connectivity index (χ1v) is 13.4. The number of carbonyl (C=O) groups excluding carboxylic acids is 3. The summed E-state index contributed by atoms with van der Waals surface area (Å²) in [5.74, 6) is 0.666. The average Bonchev–Trinajstić information content (AvgIpc) is 3.41. The minimum atomic E-state index is -0.668. The maximum absolute atomic E-state index is 14.0. The van der Waals surface area contributed by atoms with E-state index in [1.165, 1.54) is 0 Å². The Morgan fingerprint density at radius 3 is 2.69 bits per heavy atom. The second-order valence-electron chi connectivity index (χ2n) is 11.8. The molecule has 4 heterocycles. The summed E-state index contributed by atoms with van der Waals surface area (Å²) in [4.78, 5) is 44.0. The molecule has 1 saturated carbocycles. The lowest BCUT2D eigenvalue weighted by Gasteiger charge is -2.41. The molecule has 3 unspecified atom stereocenters. The third-order valence-corrected chi connectivity index (χ3v) is 9.17. The summed E-state index contributed by atoms with van der Waals surface area (Å²) >= 11 is 0. The molecule has 1 spiro atoms. The van der Waals surface area contributed by atoms with Gasteiger partial charge in [-0.05, 0) is 69.1 Å². The van der Waals surface area contributed by atoms with E-state index in [9.17, 15) is 14.4 Å². The molecule has 194 valence electrons. The number of nitrogens with one attached hydrogen (secondary N) is 3. The number of piperidine rings is 1. The Labute approximate surface area is 212 Å². The number of hydrazine groups is 1. The zero-order valence-electron chi connectivity index (χ0n) is 21.3. The summed E-state index contributed by atoms with van der Waals surface area (Å²) in [6.07, 6.45) is 4.07. The van der Waals surface area contributed by atoms with Crippen LogP contribution >= 0.6 is 0 Å². The molecule has 36 heavy (non-hydrogen) atoms. The Morgan fingerprint density at radius 2 is 1.97 bits per heavy atom. The number of rotatable bonds is 4. The van der Waals surface area contributed by atoms with Crippen LogP contribution in [0.5, 0.6) is 0 Å². The lowest BCUT2D eigenvalue weighted by Crippen LogP contribution is -2.61. The van der Waals surface area contributed by atoms with Gasteiger partial charge in [-0.1, -0.05) is 12.1 Å². The molecule has 0 bridgehead atoms. The van der Waals surface area contributed by atoms with E-state index in [2.05, 4.69) is 16.2 Å². The predicted molar refractivity (Wildman–Crippen MR) is 134 cm³/mol. The topological polar surface area (TPSA) is 103 Å². The molecule has 6 rings (SSSR count). The van der Waals surface area contributed by atoms with Gasteiger partial charge in [-0.15, -0.1) is 0 Å². The van der Waals surface area contributed by atoms with Crippen molar-refractivity contribution < 1.29 is 19.1 Å². The number of fused-ring (bicyclic) bond motifs is 3. The number of anilines is 1. The van der Waals surface area contributed by atoms with Crippen LogP contribution in [-0.4, -0.2) is 73.6 Å². The van der Waals surface area contributed by atoms with Gasteiger partial charge in [0, 0.05) is 37.3 Å². The molecule has 9 nitrogen and oxygen atoms in total. The molecule has 5 aliphatic rings. The summed E-state index contributed by atoms with van der Waals surface area (Å²) in [5.41, 5.74) is 8.50. The fourth-order valence-electron chi connectivity index (χ4n) is 7.19. The zero-order chi connectivity index (χ0) is 25.1. The quantitative estimate of drug-likeness (QED) is 0.576. The summed E-state index contributed by atoms with van der Waals surface area (Å²) < 4.78 is 5.25. The van der Waals surface area contributed by atoms with Gasteiger partial charge in [0.2, 0.25) is 17.7 Å². The van der Waals surface area contributed by atoms with E-state index in [1.54, 1.807) is 4.90 Å². The molecule has 4 aliphatic heterocycles. The van der Waals surface area contributed by atoms with Crippen LogP contribution < -0.4 is 21.1 Å². The van der Waals surface area contributed by atoms with Crippen molar-refractivity contribution in [3.05, 3.63) is 29.3 Å². The van der Waals surface area contributed by atoms with E-state index >= 15 is 0 Å². The summed E-state index contributed by atoms with van der Waals surface area (Å²) in [6, 6.07) is 6.44. The molecule has 1 aromatic rings. The highest BCUT2D eigenvalue weighted by Gasteiger charge is 2.54. The van der Waals surface area contributed by atoms with E-state index in [0.29, 0.717) is 51.1 Å². The van der Waals surface area contributed by atoms with Crippen molar-refractivity contribution in [1.82, 2.24) is 21.1 Å². The van der Waals surface area contributed by atoms with Gasteiger partial charge in [-0.2, -0.15) is 0 Å². The third-order valence-electron chi connectivity index (χ3n) is 9.17. The number of carbonyl (C=O) groups is 3. The van der Waals surface area contributed by atoms with Gasteiger partial charge in [0.25, 0.3) is 0 Å². The van der Waals surface area contributed by atoms with Crippen molar-refractivity contribution in [2.24, 2.45) is 11.8 Å². The van der Waals surface area contributed by atoms with Crippen molar-refractivity contribution in [3.63, 3.8) is 0 Å². The number of hydrogen-bond donors (Lipinski definition) is 3. The Bertz CT molecular complexity index is 1080. The summed E-state index contributed by atoms with van der Waals surface area (Å²) in [6.45, 7) is 7.07. The van der Waals surface area contributed by atoms with Crippen molar-refractivity contribution >= 4 is 23.4 Å². The van der Waals surface area contributed by atoms with E-state index in [-0.39, 0.29) is 35.7 Å². The average molecular weight is 496 g/mol. The summed E-state index contributed by atoms with van der Waals surface area (Å²) in [7, 11) is 0. The van der Waals surface area contributed by atoms with Crippen LogP contribution in [0, 0.1) is 18.8 Å². The Balaban J connectivity index is 1.17.